The Bertz CT molecular complexity index is 1140. The highest BCUT2D eigenvalue weighted by atomic mass is 32.1. The zero-order chi connectivity index (χ0) is 28.2. The van der Waals surface area contributed by atoms with E-state index in [9.17, 15) is 45.5 Å². The van der Waals surface area contributed by atoms with E-state index in [1.165, 1.54) is 0 Å². The van der Waals surface area contributed by atoms with Crippen LogP contribution < -0.4 is 10.6 Å². The van der Waals surface area contributed by atoms with Crippen molar-refractivity contribution < 1.29 is 50.3 Å². The highest BCUT2D eigenvalue weighted by molar-refractivity contribution is 7.10. The van der Waals surface area contributed by atoms with Crippen molar-refractivity contribution in [2.24, 2.45) is 23.2 Å². The molecule has 1 aromatic heterocycles. The van der Waals surface area contributed by atoms with E-state index in [4.69, 9.17) is 0 Å². The van der Waals surface area contributed by atoms with E-state index < -0.39 is 82.7 Å². The van der Waals surface area contributed by atoms with Gasteiger partial charge in [-0.3, -0.25) is 23.9 Å². The molecule has 3 aliphatic rings. The number of nitrogens with one attached hydrogen (secondary N) is 2. The van der Waals surface area contributed by atoms with Crippen LogP contribution in [-0.2, 0) is 25.3 Å². The molecule has 9 nitrogen and oxygen atoms in total. The first-order valence-electron chi connectivity index (χ1n) is 11.7. The SMILES string of the molecule is CC1(C)[C@@H]2[C@@H](C(=O)NC(C[C@@H]3CCNC3=O)C(=O)COC(F)(F)F)N(C(=O)c3csc(C(F)(F)F)n3)C[C@@H]21. The third-order valence-electron chi connectivity index (χ3n) is 7.47. The Kier molecular flexibility index (Phi) is 7.27. The molecule has 3 fully saturated rings. The van der Waals surface area contributed by atoms with Crippen molar-refractivity contribution in [1.29, 1.82) is 0 Å². The first kappa shape index (κ1) is 28.3. The summed E-state index contributed by atoms with van der Waals surface area (Å²) in [4.78, 5) is 55.6. The lowest BCUT2D eigenvalue weighted by molar-refractivity contribution is -0.321. The summed E-state index contributed by atoms with van der Waals surface area (Å²) in [6, 6.07) is -2.72. The summed E-state index contributed by atoms with van der Waals surface area (Å²) in [7, 11) is 0. The minimum Gasteiger partial charge on any atom is -0.356 e. The number of piperidine rings is 1. The number of thiazole rings is 1. The first-order chi connectivity index (χ1) is 17.5. The molecule has 1 saturated carbocycles. The van der Waals surface area contributed by atoms with Gasteiger partial charge in [-0.1, -0.05) is 13.8 Å². The van der Waals surface area contributed by atoms with Crippen molar-refractivity contribution >= 4 is 34.8 Å². The third kappa shape index (κ3) is 5.65. The molecule has 210 valence electrons. The second kappa shape index (κ2) is 9.77. The molecule has 2 aliphatic heterocycles. The minimum atomic E-state index is -5.10. The number of carbonyl (C=O) groups is 4. The molecule has 3 heterocycles. The average molecular weight is 571 g/mol. The topological polar surface area (TPSA) is 118 Å². The van der Waals surface area contributed by atoms with E-state index >= 15 is 0 Å². The molecule has 0 spiro atoms. The summed E-state index contributed by atoms with van der Waals surface area (Å²) in [5, 5.41) is 4.65. The van der Waals surface area contributed by atoms with Crippen LogP contribution in [0.2, 0.25) is 0 Å². The first-order valence-corrected chi connectivity index (χ1v) is 12.5. The van der Waals surface area contributed by atoms with Gasteiger partial charge in [-0.15, -0.1) is 24.5 Å². The van der Waals surface area contributed by atoms with Crippen molar-refractivity contribution in [3.05, 3.63) is 16.1 Å². The normalized spacial score (nSPS) is 27.1. The average Bonchev–Trinajstić information content (AvgIpc) is 3.35. The Labute approximate surface area is 216 Å². The van der Waals surface area contributed by atoms with Crippen LogP contribution in [-0.4, -0.2) is 71.5 Å². The molecule has 16 heteroatoms. The maximum Gasteiger partial charge on any atom is 0.522 e. The molecule has 3 amide bonds. The number of likely N-dealkylation sites (tertiary alicyclic amines) is 1. The lowest BCUT2D eigenvalue weighted by Gasteiger charge is -2.31. The number of Topliss-reactive ketones (excluding diaryl/α,β-unsaturated/α-hetero) is 1. The van der Waals surface area contributed by atoms with E-state index in [2.05, 4.69) is 20.4 Å². The van der Waals surface area contributed by atoms with Crippen molar-refractivity contribution in [3.63, 3.8) is 0 Å². The second-order valence-electron chi connectivity index (χ2n) is 10.2. The number of nitrogens with zero attached hydrogens (tertiary/aromatic N) is 2. The van der Waals surface area contributed by atoms with Crippen LogP contribution in [0.5, 0.6) is 0 Å². The molecule has 4 rings (SSSR count). The Morgan fingerprint density at radius 1 is 1.26 bits per heavy atom. The Balaban J connectivity index is 1.54. The van der Waals surface area contributed by atoms with Gasteiger partial charge in [0.25, 0.3) is 5.91 Å². The number of fused-ring (bicyclic) bond motifs is 1. The van der Waals surface area contributed by atoms with Gasteiger partial charge >= 0.3 is 12.5 Å². The van der Waals surface area contributed by atoms with Gasteiger partial charge in [-0.25, -0.2) is 4.98 Å². The Hall–Kier alpha value is -2.75. The van der Waals surface area contributed by atoms with E-state index in [1.807, 2.05) is 13.8 Å². The number of ketones is 1. The highest BCUT2D eigenvalue weighted by Gasteiger charge is 2.69. The largest absolute Gasteiger partial charge is 0.522 e. The molecular weight excluding hydrogens is 546 g/mol. The van der Waals surface area contributed by atoms with E-state index in [1.54, 1.807) is 0 Å². The Morgan fingerprint density at radius 2 is 1.95 bits per heavy atom. The summed E-state index contributed by atoms with van der Waals surface area (Å²) in [5.41, 5.74) is -0.893. The zero-order valence-electron chi connectivity index (χ0n) is 20.1. The summed E-state index contributed by atoms with van der Waals surface area (Å²) < 4.78 is 80.2. The van der Waals surface area contributed by atoms with Gasteiger partial charge in [0.1, 0.15) is 18.3 Å². The molecule has 0 bridgehead atoms. The standard InChI is InChI=1S/C22H24F6N4O5S/c1-20(2)10-6-32(18(36)12-8-38-19(31-12)21(23,24)25)15(14(10)20)17(35)30-11(5-9-3-4-29-16(9)34)13(33)7-37-22(26,27)28/h8-11,14-15H,3-7H2,1-2H3,(H,29,34)(H,30,35)/t9-,10-,11?,14-,15-/m0/s1. The maximum atomic E-state index is 13.4. The summed E-state index contributed by atoms with van der Waals surface area (Å²) >= 11 is 0.232. The van der Waals surface area contributed by atoms with Crippen molar-refractivity contribution in [3.8, 4) is 0 Å². The maximum absolute atomic E-state index is 13.4. The lowest BCUT2D eigenvalue weighted by Crippen LogP contribution is -2.54. The summed E-state index contributed by atoms with van der Waals surface area (Å²) in [6.45, 7) is 2.64. The number of halogens is 6. The van der Waals surface area contributed by atoms with Crippen LogP contribution in [0.4, 0.5) is 26.3 Å². The number of carbonyl (C=O) groups excluding carboxylic acids is 4. The molecule has 0 radical (unpaired) electrons. The third-order valence-corrected chi connectivity index (χ3v) is 8.36. The predicted molar refractivity (Wildman–Crippen MR) is 117 cm³/mol. The van der Waals surface area contributed by atoms with Crippen molar-refractivity contribution in [1.82, 2.24) is 20.5 Å². The van der Waals surface area contributed by atoms with Crippen molar-refractivity contribution in [2.45, 2.75) is 51.3 Å². The van der Waals surface area contributed by atoms with Gasteiger partial charge in [-0.05, 0) is 30.1 Å². The lowest BCUT2D eigenvalue weighted by atomic mass is 9.94. The molecule has 0 aromatic carbocycles. The van der Waals surface area contributed by atoms with Crippen LogP contribution in [0.3, 0.4) is 0 Å². The quantitative estimate of drug-likeness (QED) is 0.464. The van der Waals surface area contributed by atoms with Gasteiger partial charge in [0, 0.05) is 24.4 Å². The molecule has 2 N–H and O–H groups in total. The molecule has 1 aliphatic carbocycles. The summed E-state index contributed by atoms with van der Waals surface area (Å²) in [5.74, 6) is -4.59. The molecule has 2 saturated heterocycles. The molecular formula is C22H24F6N4O5S. The fourth-order valence-corrected chi connectivity index (χ4v) is 6.04. The Morgan fingerprint density at radius 3 is 2.50 bits per heavy atom. The number of rotatable bonds is 8. The number of hydrogen-bond donors (Lipinski definition) is 2. The zero-order valence-corrected chi connectivity index (χ0v) is 20.9. The summed E-state index contributed by atoms with van der Waals surface area (Å²) in [6.07, 6.45) is -9.84. The number of alkyl halides is 6. The smallest absolute Gasteiger partial charge is 0.356 e. The molecule has 5 atom stereocenters. The van der Waals surface area contributed by atoms with Crippen LogP contribution in [0, 0.1) is 23.2 Å². The number of ether oxygens (including phenoxy) is 1. The van der Waals surface area contributed by atoms with Crippen LogP contribution >= 0.6 is 11.3 Å². The highest BCUT2D eigenvalue weighted by Crippen LogP contribution is 2.65. The fraction of sp³-hybridized carbons (Fsp3) is 0.682. The van der Waals surface area contributed by atoms with Gasteiger partial charge in [-0.2, -0.15) is 13.2 Å². The minimum absolute atomic E-state index is 0.0499. The van der Waals surface area contributed by atoms with Gasteiger partial charge in [0.2, 0.25) is 11.8 Å². The predicted octanol–water partition coefficient (Wildman–Crippen LogP) is 2.38. The fourth-order valence-electron chi connectivity index (χ4n) is 5.38. The van der Waals surface area contributed by atoms with E-state index in [-0.39, 0.29) is 30.2 Å². The van der Waals surface area contributed by atoms with Crippen LogP contribution in [0.25, 0.3) is 0 Å². The van der Waals surface area contributed by atoms with Gasteiger partial charge in [0.15, 0.2) is 10.8 Å². The van der Waals surface area contributed by atoms with E-state index in [0.717, 1.165) is 10.3 Å². The number of hydrogen-bond acceptors (Lipinski definition) is 7. The van der Waals surface area contributed by atoms with E-state index in [0.29, 0.717) is 13.0 Å². The number of aromatic nitrogens is 1. The molecule has 1 unspecified atom stereocenters. The van der Waals surface area contributed by atoms with Crippen LogP contribution in [0.15, 0.2) is 5.38 Å². The number of amides is 3. The molecule has 1 aromatic rings. The van der Waals surface area contributed by atoms with Crippen LogP contribution in [0.1, 0.15) is 42.2 Å². The van der Waals surface area contributed by atoms with Crippen molar-refractivity contribution in [2.75, 3.05) is 19.7 Å². The monoisotopic (exact) mass is 570 g/mol. The van der Waals surface area contributed by atoms with Gasteiger partial charge < -0.3 is 15.5 Å². The second-order valence-corrected chi connectivity index (χ2v) is 11.0. The molecule has 38 heavy (non-hydrogen) atoms. The van der Waals surface area contributed by atoms with Gasteiger partial charge in [0.05, 0.1) is 6.04 Å².